The summed E-state index contributed by atoms with van der Waals surface area (Å²) in [6.45, 7) is 2.13. The van der Waals surface area contributed by atoms with Gasteiger partial charge in [-0.15, -0.1) is 0 Å². The first-order chi connectivity index (χ1) is 32.1. The molecular formula is C62H45N3. The first-order valence-electron chi connectivity index (χ1n) is 22.4. The van der Waals surface area contributed by atoms with Gasteiger partial charge in [-0.1, -0.05) is 157 Å². The zero-order chi connectivity index (χ0) is 43.4. The highest BCUT2D eigenvalue weighted by Crippen LogP contribution is 2.39. The summed E-state index contributed by atoms with van der Waals surface area (Å²) in [5, 5.41) is 7.73. The van der Waals surface area contributed by atoms with Gasteiger partial charge < -0.3 is 13.7 Å². The lowest BCUT2D eigenvalue weighted by atomic mass is 10.00. The van der Waals surface area contributed by atoms with Crippen LogP contribution in [-0.4, -0.2) is 13.7 Å². The molecule has 0 radical (unpaired) electrons. The van der Waals surface area contributed by atoms with Gasteiger partial charge in [0.15, 0.2) is 0 Å². The highest BCUT2D eigenvalue weighted by atomic mass is 15.0. The van der Waals surface area contributed by atoms with Gasteiger partial charge in [-0.25, -0.2) is 0 Å². The van der Waals surface area contributed by atoms with Gasteiger partial charge in [0.1, 0.15) is 0 Å². The normalized spacial score (nSPS) is 11.5. The Labute approximate surface area is 378 Å². The molecule has 13 rings (SSSR count). The summed E-state index contributed by atoms with van der Waals surface area (Å²) in [4.78, 5) is 0. The molecule has 308 valence electrons. The van der Waals surface area contributed by atoms with Crippen LogP contribution in [0.3, 0.4) is 0 Å². The number of para-hydroxylation sites is 4. The van der Waals surface area contributed by atoms with Crippen LogP contribution in [0.15, 0.2) is 237 Å². The van der Waals surface area contributed by atoms with Gasteiger partial charge in [-0.3, -0.25) is 0 Å². The van der Waals surface area contributed by atoms with Crippen molar-refractivity contribution in [3.8, 4) is 44.8 Å². The van der Waals surface area contributed by atoms with Crippen molar-refractivity contribution < 1.29 is 0 Å². The fraction of sp³-hybridized carbons (Fsp3) is 0.0323. The summed E-state index contributed by atoms with van der Waals surface area (Å²) in [5.41, 5.74) is 18.6. The Morgan fingerprint density at radius 1 is 0.246 bits per heavy atom. The van der Waals surface area contributed by atoms with Gasteiger partial charge in [0, 0.05) is 61.8 Å². The Morgan fingerprint density at radius 2 is 0.554 bits per heavy atom. The molecule has 0 amide bonds. The largest absolute Gasteiger partial charge is 0.344 e. The van der Waals surface area contributed by atoms with Crippen molar-refractivity contribution in [1.29, 1.82) is 0 Å². The molecule has 0 aliphatic carbocycles. The quantitative estimate of drug-likeness (QED) is 0.164. The van der Waals surface area contributed by atoms with E-state index in [0.717, 1.165) is 0 Å². The Hall–Kier alpha value is -8.40. The molecule has 0 aliphatic heterocycles. The van der Waals surface area contributed by atoms with E-state index < -0.39 is 0 Å². The van der Waals surface area contributed by atoms with Gasteiger partial charge in [-0.05, 0) is 125 Å². The van der Waals surface area contributed by atoms with Crippen molar-refractivity contribution >= 4 is 65.4 Å². The van der Waals surface area contributed by atoms with Crippen LogP contribution in [0.2, 0.25) is 0 Å². The SMILES string of the molecule is Cc1ccc(-c2ccc3c(c2)c2cc(-c4ccccc4)ccc2n3-c2ccccc2)cc1.Cn1c2ccccc2c2cc(-c3ccc4c(c3)c3ccccc3n4-c3ccccc3)ccc21. The molecule has 3 aromatic heterocycles. The zero-order valence-corrected chi connectivity index (χ0v) is 36.4. The molecule has 0 atom stereocenters. The van der Waals surface area contributed by atoms with E-state index in [4.69, 9.17) is 0 Å². The second-order valence-corrected chi connectivity index (χ2v) is 17.1. The number of hydrogen-bond acceptors (Lipinski definition) is 0. The number of hydrogen-bond donors (Lipinski definition) is 0. The summed E-state index contributed by atoms with van der Waals surface area (Å²) in [5.74, 6) is 0. The fourth-order valence-corrected chi connectivity index (χ4v) is 9.97. The van der Waals surface area contributed by atoms with Crippen LogP contribution < -0.4 is 0 Å². The number of fused-ring (bicyclic) bond motifs is 9. The minimum Gasteiger partial charge on any atom is -0.344 e. The van der Waals surface area contributed by atoms with E-state index in [9.17, 15) is 0 Å². The number of rotatable bonds is 5. The molecule has 0 N–H and O–H groups in total. The van der Waals surface area contributed by atoms with Gasteiger partial charge in [-0.2, -0.15) is 0 Å². The van der Waals surface area contributed by atoms with E-state index in [1.165, 1.54) is 116 Å². The maximum atomic E-state index is 2.37. The first-order valence-corrected chi connectivity index (χ1v) is 22.4. The van der Waals surface area contributed by atoms with Crippen LogP contribution in [0, 0.1) is 6.92 Å². The Morgan fingerprint density at radius 3 is 1.06 bits per heavy atom. The smallest absolute Gasteiger partial charge is 0.0541 e. The Kier molecular flexibility index (Phi) is 9.28. The van der Waals surface area contributed by atoms with Gasteiger partial charge in [0.2, 0.25) is 0 Å². The lowest BCUT2D eigenvalue weighted by Crippen LogP contribution is -1.93. The van der Waals surface area contributed by atoms with Crippen LogP contribution in [0.5, 0.6) is 0 Å². The third kappa shape index (κ3) is 6.60. The average molecular weight is 832 g/mol. The van der Waals surface area contributed by atoms with Crippen molar-refractivity contribution in [3.05, 3.63) is 242 Å². The minimum atomic E-state index is 1.18. The van der Waals surface area contributed by atoms with Crippen molar-refractivity contribution in [2.75, 3.05) is 0 Å². The van der Waals surface area contributed by atoms with E-state index in [1.807, 2.05) is 0 Å². The van der Waals surface area contributed by atoms with Crippen LogP contribution in [-0.2, 0) is 7.05 Å². The third-order valence-corrected chi connectivity index (χ3v) is 13.2. The van der Waals surface area contributed by atoms with Crippen molar-refractivity contribution in [2.24, 2.45) is 7.05 Å². The molecule has 0 spiro atoms. The van der Waals surface area contributed by atoms with E-state index >= 15 is 0 Å². The molecule has 13 aromatic rings. The number of aryl methyl sites for hydroxylation is 2. The first kappa shape index (κ1) is 38.3. The highest BCUT2D eigenvalue weighted by Gasteiger charge is 2.16. The van der Waals surface area contributed by atoms with E-state index in [0.29, 0.717) is 0 Å². The molecule has 0 bridgehead atoms. The summed E-state index contributed by atoms with van der Waals surface area (Å²) in [6, 6.07) is 85.4. The van der Waals surface area contributed by atoms with Gasteiger partial charge in [0.05, 0.1) is 22.1 Å². The molecule has 10 aromatic carbocycles. The summed E-state index contributed by atoms with van der Waals surface area (Å²) >= 11 is 0. The Bertz CT molecular complexity index is 3870. The van der Waals surface area contributed by atoms with Gasteiger partial charge >= 0.3 is 0 Å². The Balaban J connectivity index is 0.000000137. The standard InChI is InChI=1S/C31H22N2.C31H23N/c1-32-28-13-7-5-11-24(28)26-19-21(15-17-29(26)32)22-16-18-31-27(20-22)25-12-6-8-14-30(25)33(31)23-9-3-2-4-10-23;1-22-12-14-24(15-13-22)26-17-19-31-29(21-26)28-20-25(23-8-4-2-5-9-23)16-18-30(28)32(31)27-10-6-3-7-11-27/h2-20H,1H3;2-21H,1H3. The van der Waals surface area contributed by atoms with E-state index in [-0.39, 0.29) is 0 Å². The molecule has 0 saturated heterocycles. The van der Waals surface area contributed by atoms with Gasteiger partial charge in [0.25, 0.3) is 0 Å². The van der Waals surface area contributed by atoms with E-state index in [2.05, 4.69) is 264 Å². The maximum Gasteiger partial charge on any atom is 0.0541 e. The molecule has 3 nitrogen and oxygen atoms in total. The molecule has 0 aliphatic rings. The second kappa shape index (κ2) is 15.7. The van der Waals surface area contributed by atoms with Crippen LogP contribution in [0.4, 0.5) is 0 Å². The predicted molar refractivity (Wildman–Crippen MR) is 277 cm³/mol. The minimum absolute atomic E-state index is 1.18. The van der Waals surface area contributed by atoms with Crippen molar-refractivity contribution in [1.82, 2.24) is 13.7 Å². The molecule has 0 unspecified atom stereocenters. The number of nitrogens with zero attached hydrogens (tertiary/aromatic N) is 3. The van der Waals surface area contributed by atoms with Crippen LogP contribution in [0.1, 0.15) is 5.56 Å². The van der Waals surface area contributed by atoms with Crippen LogP contribution >= 0.6 is 0 Å². The molecule has 65 heavy (non-hydrogen) atoms. The fourth-order valence-electron chi connectivity index (χ4n) is 9.97. The number of aromatic nitrogens is 3. The number of benzene rings is 10. The molecule has 0 saturated carbocycles. The molecular weight excluding hydrogens is 787 g/mol. The molecule has 3 heteroatoms. The lowest BCUT2D eigenvalue weighted by Gasteiger charge is -2.08. The lowest BCUT2D eigenvalue weighted by molar-refractivity contribution is 1.01. The van der Waals surface area contributed by atoms with Crippen molar-refractivity contribution in [3.63, 3.8) is 0 Å². The van der Waals surface area contributed by atoms with E-state index in [1.54, 1.807) is 0 Å². The molecule has 0 fully saturated rings. The molecule has 3 heterocycles. The highest BCUT2D eigenvalue weighted by molar-refractivity contribution is 6.13. The average Bonchev–Trinajstić information content (AvgIpc) is 3.99. The summed E-state index contributed by atoms with van der Waals surface area (Å²) < 4.78 is 7.02. The summed E-state index contributed by atoms with van der Waals surface area (Å²) in [7, 11) is 2.15. The predicted octanol–water partition coefficient (Wildman–Crippen LogP) is 16.5. The summed E-state index contributed by atoms with van der Waals surface area (Å²) in [6.07, 6.45) is 0. The van der Waals surface area contributed by atoms with Crippen molar-refractivity contribution in [2.45, 2.75) is 6.92 Å². The maximum absolute atomic E-state index is 2.37. The monoisotopic (exact) mass is 831 g/mol. The second-order valence-electron chi connectivity index (χ2n) is 17.1. The third-order valence-electron chi connectivity index (χ3n) is 13.2. The zero-order valence-electron chi connectivity index (χ0n) is 36.4. The van der Waals surface area contributed by atoms with Crippen LogP contribution in [0.25, 0.3) is 110 Å². The topological polar surface area (TPSA) is 14.8 Å².